The monoisotopic (exact) mass is 246 g/mol. The van der Waals surface area contributed by atoms with Crippen LogP contribution < -0.4 is 4.74 Å². The second kappa shape index (κ2) is 5.35. The Morgan fingerprint density at radius 1 is 1.33 bits per heavy atom. The van der Waals surface area contributed by atoms with Crippen molar-refractivity contribution in [2.24, 2.45) is 0 Å². The molecule has 2 rings (SSSR count). The number of carbonyl (C=O) groups excluding carboxylic acids is 1. The van der Waals surface area contributed by atoms with Crippen molar-refractivity contribution >= 4 is 5.97 Å². The fraction of sp³-hybridized carbons (Fsp3) is 0.231. The standard InChI is InChI=1S/C13H14N2O3/c1-3-18-13(16)12-11(8-14-15-12)9-4-6-10(17-2)7-5-9/h4-8H,3H2,1-2H3,(H,14,15). The summed E-state index contributed by atoms with van der Waals surface area (Å²) in [6.07, 6.45) is 1.61. The number of benzene rings is 1. The molecule has 0 saturated carbocycles. The molecule has 0 aliphatic rings. The second-order valence-corrected chi connectivity index (χ2v) is 3.61. The first-order chi connectivity index (χ1) is 8.76. The fourth-order valence-corrected chi connectivity index (χ4v) is 1.63. The molecule has 0 amide bonds. The number of methoxy groups -OCH3 is 1. The number of nitrogens with one attached hydrogen (secondary N) is 1. The van der Waals surface area contributed by atoms with Crippen molar-refractivity contribution in [1.29, 1.82) is 0 Å². The van der Waals surface area contributed by atoms with E-state index in [4.69, 9.17) is 9.47 Å². The summed E-state index contributed by atoms with van der Waals surface area (Å²) in [6.45, 7) is 2.10. The number of hydrogen-bond donors (Lipinski definition) is 1. The minimum Gasteiger partial charge on any atom is -0.497 e. The van der Waals surface area contributed by atoms with Gasteiger partial charge in [-0.2, -0.15) is 5.10 Å². The number of hydrogen-bond acceptors (Lipinski definition) is 4. The van der Waals surface area contributed by atoms with E-state index < -0.39 is 5.97 Å². The van der Waals surface area contributed by atoms with E-state index in [-0.39, 0.29) is 0 Å². The average molecular weight is 246 g/mol. The maximum atomic E-state index is 11.7. The number of H-pyrrole nitrogens is 1. The quantitative estimate of drug-likeness (QED) is 0.840. The maximum Gasteiger partial charge on any atom is 0.356 e. The topological polar surface area (TPSA) is 64.2 Å². The van der Waals surface area contributed by atoms with Crippen LogP contribution >= 0.6 is 0 Å². The highest BCUT2D eigenvalue weighted by atomic mass is 16.5. The first-order valence-electron chi connectivity index (χ1n) is 5.61. The molecule has 1 N–H and O–H groups in total. The summed E-state index contributed by atoms with van der Waals surface area (Å²) in [5.74, 6) is 0.362. The van der Waals surface area contributed by atoms with Crippen LogP contribution in [-0.2, 0) is 4.74 Å². The normalized spacial score (nSPS) is 10.1. The lowest BCUT2D eigenvalue weighted by Gasteiger charge is -2.04. The average Bonchev–Trinajstić information content (AvgIpc) is 2.88. The zero-order valence-corrected chi connectivity index (χ0v) is 10.3. The third kappa shape index (κ3) is 2.34. The number of rotatable bonds is 4. The van der Waals surface area contributed by atoms with E-state index in [2.05, 4.69) is 10.2 Å². The molecule has 94 valence electrons. The van der Waals surface area contributed by atoms with E-state index >= 15 is 0 Å². The molecule has 1 aromatic heterocycles. The van der Waals surface area contributed by atoms with Gasteiger partial charge in [0.05, 0.1) is 19.9 Å². The Labute approximate surface area is 105 Å². The van der Waals surface area contributed by atoms with Crippen molar-refractivity contribution in [3.05, 3.63) is 36.2 Å². The van der Waals surface area contributed by atoms with Gasteiger partial charge in [-0.25, -0.2) is 4.79 Å². The third-order valence-electron chi connectivity index (χ3n) is 2.52. The Bertz CT molecular complexity index is 531. The number of nitrogens with zero attached hydrogens (tertiary/aromatic N) is 1. The SMILES string of the molecule is CCOC(=O)c1[nH]ncc1-c1ccc(OC)cc1. The van der Waals surface area contributed by atoms with Crippen LogP contribution in [0, 0.1) is 0 Å². The number of ether oxygens (including phenoxy) is 2. The second-order valence-electron chi connectivity index (χ2n) is 3.61. The summed E-state index contributed by atoms with van der Waals surface area (Å²) >= 11 is 0. The lowest BCUT2D eigenvalue weighted by Crippen LogP contribution is -2.06. The van der Waals surface area contributed by atoms with E-state index in [0.717, 1.165) is 16.9 Å². The van der Waals surface area contributed by atoms with Crippen molar-refractivity contribution in [1.82, 2.24) is 10.2 Å². The van der Waals surface area contributed by atoms with Crippen LogP contribution in [0.3, 0.4) is 0 Å². The van der Waals surface area contributed by atoms with Crippen molar-refractivity contribution < 1.29 is 14.3 Å². The molecule has 0 atom stereocenters. The molecule has 1 aromatic carbocycles. The van der Waals surface area contributed by atoms with Gasteiger partial charge in [-0.1, -0.05) is 12.1 Å². The number of aromatic nitrogens is 2. The van der Waals surface area contributed by atoms with E-state index in [0.29, 0.717) is 12.3 Å². The Morgan fingerprint density at radius 3 is 2.67 bits per heavy atom. The highest BCUT2D eigenvalue weighted by Gasteiger charge is 2.16. The first-order valence-corrected chi connectivity index (χ1v) is 5.61. The Balaban J connectivity index is 2.32. The Kier molecular flexibility index (Phi) is 3.62. The van der Waals surface area contributed by atoms with Crippen LogP contribution in [0.4, 0.5) is 0 Å². The fourth-order valence-electron chi connectivity index (χ4n) is 1.63. The van der Waals surface area contributed by atoms with Crippen LogP contribution in [-0.4, -0.2) is 29.9 Å². The van der Waals surface area contributed by atoms with Gasteiger partial charge in [0.1, 0.15) is 5.75 Å². The van der Waals surface area contributed by atoms with Crippen LogP contribution in [0.1, 0.15) is 17.4 Å². The van der Waals surface area contributed by atoms with Gasteiger partial charge in [-0.05, 0) is 24.6 Å². The van der Waals surface area contributed by atoms with Gasteiger partial charge in [0, 0.05) is 5.56 Å². The van der Waals surface area contributed by atoms with E-state index in [1.54, 1.807) is 20.2 Å². The van der Waals surface area contributed by atoms with Gasteiger partial charge in [0.2, 0.25) is 0 Å². The van der Waals surface area contributed by atoms with Gasteiger partial charge in [0.25, 0.3) is 0 Å². The minimum atomic E-state index is -0.402. The first kappa shape index (κ1) is 12.2. The Hall–Kier alpha value is -2.30. The maximum absolute atomic E-state index is 11.7. The molecule has 0 bridgehead atoms. The molecule has 0 spiro atoms. The van der Waals surface area contributed by atoms with Gasteiger partial charge >= 0.3 is 5.97 Å². The lowest BCUT2D eigenvalue weighted by molar-refractivity contribution is 0.0520. The molecule has 18 heavy (non-hydrogen) atoms. The predicted octanol–water partition coefficient (Wildman–Crippen LogP) is 2.26. The molecule has 0 saturated heterocycles. The number of carbonyl (C=O) groups is 1. The molecular weight excluding hydrogens is 232 g/mol. The lowest BCUT2D eigenvalue weighted by atomic mass is 10.1. The highest BCUT2D eigenvalue weighted by Crippen LogP contribution is 2.24. The van der Waals surface area contributed by atoms with Crippen LogP contribution in [0.5, 0.6) is 5.75 Å². The van der Waals surface area contributed by atoms with Gasteiger partial charge < -0.3 is 9.47 Å². The summed E-state index contributed by atoms with van der Waals surface area (Å²) in [6, 6.07) is 7.40. The largest absolute Gasteiger partial charge is 0.497 e. The Morgan fingerprint density at radius 2 is 2.06 bits per heavy atom. The minimum absolute atomic E-state index is 0.333. The molecule has 0 radical (unpaired) electrons. The zero-order valence-electron chi connectivity index (χ0n) is 10.3. The molecule has 5 heteroatoms. The zero-order chi connectivity index (χ0) is 13.0. The van der Waals surface area contributed by atoms with E-state index in [1.807, 2.05) is 24.3 Å². The van der Waals surface area contributed by atoms with Crippen LogP contribution in [0.2, 0.25) is 0 Å². The molecule has 0 aliphatic carbocycles. The van der Waals surface area contributed by atoms with Gasteiger partial charge in [-0.3, -0.25) is 5.10 Å². The van der Waals surface area contributed by atoms with E-state index in [9.17, 15) is 4.79 Å². The van der Waals surface area contributed by atoms with Crippen molar-refractivity contribution in [3.8, 4) is 16.9 Å². The third-order valence-corrected chi connectivity index (χ3v) is 2.52. The summed E-state index contributed by atoms with van der Waals surface area (Å²) in [7, 11) is 1.61. The molecule has 0 fully saturated rings. The van der Waals surface area contributed by atoms with E-state index in [1.165, 1.54) is 0 Å². The number of aromatic amines is 1. The molecule has 5 nitrogen and oxygen atoms in total. The summed E-state index contributed by atoms with van der Waals surface area (Å²) in [5, 5.41) is 6.55. The molecule has 0 aliphatic heterocycles. The van der Waals surface area contributed by atoms with Gasteiger partial charge in [-0.15, -0.1) is 0 Å². The molecule has 2 aromatic rings. The predicted molar refractivity (Wildman–Crippen MR) is 66.5 cm³/mol. The van der Waals surface area contributed by atoms with Crippen molar-refractivity contribution in [3.63, 3.8) is 0 Å². The molecule has 1 heterocycles. The molecule has 0 unspecified atom stereocenters. The molecular formula is C13H14N2O3. The van der Waals surface area contributed by atoms with Crippen molar-refractivity contribution in [2.45, 2.75) is 6.92 Å². The van der Waals surface area contributed by atoms with Crippen molar-refractivity contribution in [2.75, 3.05) is 13.7 Å². The van der Waals surface area contributed by atoms with Gasteiger partial charge in [0.15, 0.2) is 5.69 Å². The summed E-state index contributed by atoms with van der Waals surface area (Å²) in [4.78, 5) is 11.7. The smallest absolute Gasteiger partial charge is 0.356 e. The highest BCUT2D eigenvalue weighted by molar-refractivity contribution is 5.95. The van der Waals surface area contributed by atoms with Crippen LogP contribution in [0.15, 0.2) is 30.5 Å². The number of esters is 1. The summed E-state index contributed by atoms with van der Waals surface area (Å²) in [5.41, 5.74) is 1.96. The van der Waals surface area contributed by atoms with Crippen LogP contribution in [0.25, 0.3) is 11.1 Å². The summed E-state index contributed by atoms with van der Waals surface area (Å²) < 4.78 is 10.0.